The molecule has 0 atom stereocenters. The summed E-state index contributed by atoms with van der Waals surface area (Å²) in [5.74, 6) is -0.993. The summed E-state index contributed by atoms with van der Waals surface area (Å²) < 4.78 is 0. The minimum absolute atomic E-state index is 0.365. The summed E-state index contributed by atoms with van der Waals surface area (Å²) in [5.41, 5.74) is 0. The third-order valence-electron chi connectivity index (χ3n) is 1.45. The fourth-order valence-corrected chi connectivity index (χ4v) is 0.851. The third kappa shape index (κ3) is 2.85. The number of nitrogens with zero attached hydrogens (tertiary/aromatic N) is 1. The molecule has 1 aromatic heterocycles. The number of anilines is 1. The van der Waals surface area contributed by atoms with Crippen molar-refractivity contribution in [3.63, 3.8) is 0 Å². The maximum Gasteiger partial charge on any atom is 0.314 e. The summed E-state index contributed by atoms with van der Waals surface area (Å²) in [6.07, 6.45) is 1.54. The molecule has 14 heavy (non-hydrogen) atoms. The van der Waals surface area contributed by atoms with Crippen molar-refractivity contribution in [2.75, 3.05) is 11.9 Å². The minimum Gasteiger partial charge on any atom is -0.348 e. The van der Waals surface area contributed by atoms with Crippen LogP contribution in [0.4, 0.5) is 5.82 Å². The van der Waals surface area contributed by atoms with Gasteiger partial charge in [0.05, 0.1) is 0 Å². The molecule has 5 heteroatoms. The van der Waals surface area contributed by atoms with Gasteiger partial charge in [-0.2, -0.15) is 0 Å². The van der Waals surface area contributed by atoms with E-state index in [4.69, 9.17) is 0 Å². The third-order valence-corrected chi connectivity index (χ3v) is 1.45. The lowest BCUT2D eigenvalue weighted by Gasteiger charge is -2.02. The molecular weight excluding hydrogens is 182 g/mol. The Morgan fingerprint density at radius 1 is 1.36 bits per heavy atom. The first-order valence-corrected chi connectivity index (χ1v) is 4.24. The molecule has 2 amide bonds. The van der Waals surface area contributed by atoms with Crippen LogP contribution in [0.2, 0.25) is 0 Å². The Balaban J connectivity index is 2.53. The summed E-state index contributed by atoms with van der Waals surface area (Å²) in [4.78, 5) is 26.0. The van der Waals surface area contributed by atoms with Gasteiger partial charge in [-0.05, 0) is 19.1 Å². The van der Waals surface area contributed by atoms with Crippen molar-refractivity contribution in [2.24, 2.45) is 0 Å². The highest BCUT2D eigenvalue weighted by molar-refractivity contribution is 6.39. The fraction of sp³-hybridized carbons (Fsp3) is 0.222. The van der Waals surface area contributed by atoms with E-state index in [0.29, 0.717) is 12.4 Å². The van der Waals surface area contributed by atoms with E-state index in [0.717, 1.165) is 0 Å². The van der Waals surface area contributed by atoms with Crippen molar-refractivity contribution < 1.29 is 9.59 Å². The highest BCUT2D eigenvalue weighted by Crippen LogP contribution is 1.98. The number of nitrogens with one attached hydrogen (secondary N) is 2. The molecule has 2 N–H and O–H groups in total. The first-order valence-electron chi connectivity index (χ1n) is 4.24. The van der Waals surface area contributed by atoms with Crippen LogP contribution in [0.25, 0.3) is 0 Å². The average molecular weight is 193 g/mol. The SMILES string of the molecule is CCNC(=O)C(=O)Nc1ccccn1. The Hall–Kier alpha value is -1.91. The van der Waals surface area contributed by atoms with Crippen LogP contribution in [0.15, 0.2) is 24.4 Å². The Morgan fingerprint density at radius 3 is 2.71 bits per heavy atom. The molecule has 0 unspecified atom stereocenters. The Labute approximate surface area is 81.5 Å². The number of hydrogen-bond donors (Lipinski definition) is 2. The van der Waals surface area contributed by atoms with Gasteiger partial charge in [-0.3, -0.25) is 9.59 Å². The molecular formula is C9H11N3O2. The van der Waals surface area contributed by atoms with Gasteiger partial charge in [0.1, 0.15) is 5.82 Å². The normalized spacial score (nSPS) is 9.21. The second-order valence-corrected chi connectivity index (χ2v) is 2.53. The summed E-state index contributed by atoms with van der Waals surface area (Å²) in [6.45, 7) is 2.17. The monoisotopic (exact) mass is 193 g/mol. The van der Waals surface area contributed by atoms with E-state index in [-0.39, 0.29) is 0 Å². The van der Waals surface area contributed by atoms with Gasteiger partial charge in [0.2, 0.25) is 0 Å². The average Bonchev–Trinajstić information content (AvgIpc) is 2.19. The van der Waals surface area contributed by atoms with E-state index in [9.17, 15) is 9.59 Å². The molecule has 0 fully saturated rings. The second kappa shape index (κ2) is 4.96. The molecule has 0 saturated carbocycles. The van der Waals surface area contributed by atoms with E-state index in [1.165, 1.54) is 6.20 Å². The predicted molar refractivity (Wildman–Crippen MR) is 51.6 cm³/mol. The highest BCUT2D eigenvalue weighted by Gasteiger charge is 2.11. The molecule has 1 heterocycles. The zero-order chi connectivity index (χ0) is 10.4. The van der Waals surface area contributed by atoms with Gasteiger partial charge in [-0.15, -0.1) is 0 Å². The smallest absolute Gasteiger partial charge is 0.314 e. The molecule has 0 saturated heterocycles. The van der Waals surface area contributed by atoms with E-state index in [1.807, 2.05) is 0 Å². The molecule has 0 aliphatic carbocycles. The van der Waals surface area contributed by atoms with E-state index in [2.05, 4.69) is 15.6 Å². The Kier molecular flexibility index (Phi) is 3.60. The van der Waals surface area contributed by atoms with Crippen molar-refractivity contribution in [1.29, 1.82) is 0 Å². The van der Waals surface area contributed by atoms with Crippen molar-refractivity contribution in [3.05, 3.63) is 24.4 Å². The van der Waals surface area contributed by atoms with Crippen molar-refractivity contribution in [2.45, 2.75) is 6.92 Å². The standard InChI is InChI=1S/C9H11N3O2/c1-2-10-8(13)9(14)12-7-5-3-4-6-11-7/h3-6H,2H2,1H3,(H,10,13)(H,11,12,14). The van der Waals surface area contributed by atoms with Gasteiger partial charge < -0.3 is 10.6 Å². The molecule has 74 valence electrons. The van der Waals surface area contributed by atoms with Gasteiger partial charge in [0.25, 0.3) is 0 Å². The van der Waals surface area contributed by atoms with Crippen molar-refractivity contribution in [1.82, 2.24) is 10.3 Å². The van der Waals surface area contributed by atoms with Crippen LogP contribution in [0.3, 0.4) is 0 Å². The lowest BCUT2D eigenvalue weighted by molar-refractivity contribution is -0.136. The number of amides is 2. The number of carbonyl (C=O) groups is 2. The number of likely N-dealkylation sites (N-methyl/N-ethyl adjacent to an activating group) is 1. The summed E-state index contributed by atoms with van der Waals surface area (Å²) in [6, 6.07) is 5.05. The summed E-state index contributed by atoms with van der Waals surface area (Å²) in [7, 11) is 0. The number of hydrogen-bond acceptors (Lipinski definition) is 3. The van der Waals surface area contributed by atoms with Crippen LogP contribution in [-0.4, -0.2) is 23.3 Å². The van der Waals surface area contributed by atoms with Crippen LogP contribution in [0.5, 0.6) is 0 Å². The highest BCUT2D eigenvalue weighted by atomic mass is 16.2. The quantitative estimate of drug-likeness (QED) is 0.657. The number of rotatable bonds is 2. The van der Waals surface area contributed by atoms with Gasteiger partial charge in [-0.25, -0.2) is 4.98 Å². The topological polar surface area (TPSA) is 71.1 Å². The van der Waals surface area contributed by atoms with Crippen LogP contribution in [0, 0.1) is 0 Å². The van der Waals surface area contributed by atoms with Gasteiger partial charge in [-0.1, -0.05) is 6.07 Å². The molecule has 0 bridgehead atoms. The predicted octanol–water partition coefficient (Wildman–Crippen LogP) is 0.156. The summed E-state index contributed by atoms with van der Waals surface area (Å²) in [5, 5.41) is 4.75. The van der Waals surface area contributed by atoms with Crippen LogP contribution >= 0.6 is 0 Å². The van der Waals surface area contributed by atoms with Crippen molar-refractivity contribution in [3.8, 4) is 0 Å². The molecule has 5 nitrogen and oxygen atoms in total. The zero-order valence-electron chi connectivity index (χ0n) is 7.78. The van der Waals surface area contributed by atoms with Gasteiger partial charge in [0.15, 0.2) is 0 Å². The Morgan fingerprint density at radius 2 is 2.14 bits per heavy atom. The minimum atomic E-state index is -0.703. The first kappa shape index (κ1) is 10.2. The molecule has 0 aliphatic heterocycles. The van der Waals surface area contributed by atoms with E-state index in [1.54, 1.807) is 25.1 Å². The zero-order valence-corrected chi connectivity index (χ0v) is 7.78. The molecule has 0 aromatic carbocycles. The summed E-state index contributed by atoms with van der Waals surface area (Å²) >= 11 is 0. The van der Waals surface area contributed by atoms with Crippen LogP contribution in [0.1, 0.15) is 6.92 Å². The largest absolute Gasteiger partial charge is 0.348 e. The molecule has 1 aromatic rings. The van der Waals surface area contributed by atoms with Crippen LogP contribution < -0.4 is 10.6 Å². The van der Waals surface area contributed by atoms with Gasteiger partial charge in [0, 0.05) is 12.7 Å². The van der Waals surface area contributed by atoms with Crippen molar-refractivity contribution >= 4 is 17.6 Å². The molecule has 1 rings (SSSR count). The van der Waals surface area contributed by atoms with Gasteiger partial charge >= 0.3 is 11.8 Å². The molecule has 0 radical (unpaired) electrons. The molecule has 0 aliphatic rings. The lowest BCUT2D eigenvalue weighted by Crippen LogP contribution is -2.35. The molecule has 0 spiro atoms. The number of carbonyl (C=O) groups excluding carboxylic acids is 2. The number of aromatic nitrogens is 1. The maximum atomic E-state index is 11.1. The van der Waals surface area contributed by atoms with E-state index >= 15 is 0 Å². The fourth-order valence-electron chi connectivity index (χ4n) is 0.851. The van der Waals surface area contributed by atoms with Crippen LogP contribution in [-0.2, 0) is 9.59 Å². The second-order valence-electron chi connectivity index (χ2n) is 2.53. The first-order chi connectivity index (χ1) is 6.74. The maximum absolute atomic E-state index is 11.1. The lowest BCUT2D eigenvalue weighted by atomic mass is 10.4. The Bertz CT molecular complexity index is 324. The van der Waals surface area contributed by atoms with E-state index < -0.39 is 11.8 Å². The number of pyridine rings is 1.